The van der Waals surface area contributed by atoms with E-state index < -0.39 is 11.9 Å². The number of carbonyl (C=O) groups excluding carboxylic acids is 1. The van der Waals surface area contributed by atoms with Crippen LogP contribution in [0.15, 0.2) is 6.33 Å². The summed E-state index contributed by atoms with van der Waals surface area (Å²) in [6, 6.07) is -0.275. The number of hydrogen-bond acceptors (Lipinski definition) is 4. The van der Waals surface area contributed by atoms with E-state index >= 15 is 0 Å². The number of carboxylic acid groups (broad SMARTS) is 1. The third kappa shape index (κ3) is 3.78. The minimum atomic E-state index is -1.24. The Labute approximate surface area is 111 Å². The first-order valence-corrected chi connectivity index (χ1v) is 5.95. The van der Waals surface area contributed by atoms with Crippen molar-refractivity contribution in [2.75, 3.05) is 6.61 Å². The highest BCUT2D eigenvalue weighted by molar-refractivity contribution is 6.02. The van der Waals surface area contributed by atoms with Crippen LogP contribution in [0.2, 0.25) is 0 Å². The highest BCUT2D eigenvalue weighted by Gasteiger charge is 2.28. The molecule has 0 fully saturated rings. The summed E-state index contributed by atoms with van der Waals surface area (Å²) >= 11 is 0. The fourth-order valence-electron chi connectivity index (χ4n) is 1.71. The smallest absolute Gasteiger partial charge is 0.354 e. The Hall–Kier alpha value is -1.89. The molecule has 7 nitrogen and oxygen atoms in total. The number of carboxylic acids is 1. The van der Waals surface area contributed by atoms with Crippen LogP contribution in [0.25, 0.3) is 0 Å². The molecule has 4 N–H and O–H groups in total. The van der Waals surface area contributed by atoms with Gasteiger partial charge in [-0.3, -0.25) is 4.79 Å². The van der Waals surface area contributed by atoms with Gasteiger partial charge < -0.3 is 20.5 Å². The van der Waals surface area contributed by atoms with Crippen LogP contribution in [-0.4, -0.2) is 44.7 Å². The fourth-order valence-corrected chi connectivity index (χ4v) is 1.71. The number of imidazole rings is 1. The third-order valence-electron chi connectivity index (χ3n) is 2.84. The van der Waals surface area contributed by atoms with Crippen LogP contribution in [0.3, 0.4) is 0 Å². The number of rotatable bonds is 5. The standard InChI is InChI=1S/C12H19N3O4/c1-12(2,3)7(4-5-16)15-10(17)8-9(11(18)19)14-6-13-8/h6-7,16H,4-5H2,1-3H3,(H,13,14)(H,15,17)(H,18,19). The molecule has 1 rings (SSSR count). The molecule has 7 heteroatoms. The molecule has 0 saturated heterocycles. The van der Waals surface area contributed by atoms with E-state index in [9.17, 15) is 9.59 Å². The van der Waals surface area contributed by atoms with Gasteiger partial charge in [0.15, 0.2) is 11.4 Å². The van der Waals surface area contributed by atoms with Gasteiger partial charge in [-0.05, 0) is 11.8 Å². The van der Waals surface area contributed by atoms with E-state index in [1.807, 2.05) is 20.8 Å². The Kier molecular flexibility index (Phi) is 4.66. The minimum Gasteiger partial charge on any atom is -0.477 e. The summed E-state index contributed by atoms with van der Waals surface area (Å²) < 4.78 is 0. The van der Waals surface area contributed by atoms with E-state index in [2.05, 4.69) is 15.3 Å². The molecule has 0 aliphatic heterocycles. The highest BCUT2D eigenvalue weighted by Crippen LogP contribution is 2.22. The second-order valence-corrected chi connectivity index (χ2v) is 5.34. The molecule has 106 valence electrons. The van der Waals surface area contributed by atoms with Crippen LogP contribution in [0, 0.1) is 5.41 Å². The molecule has 1 aromatic heterocycles. The Morgan fingerprint density at radius 2 is 2.11 bits per heavy atom. The van der Waals surface area contributed by atoms with Crippen LogP contribution >= 0.6 is 0 Å². The minimum absolute atomic E-state index is 0.0609. The lowest BCUT2D eigenvalue weighted by molar-refractivity contribution is 0.0683. The normalized spacial score (nSPS) is 13.1. The highest BCUT2D eigenvalue weighted by atomic mass is 16.4. The lowest BCUT2D eigenvalue weighted by Gasteiger charge is -2.30. The Morgan fingerprint density at radius 1 is 1.47 bits per heavy atom. The van der Waals surface area contributed by atoms with Crippen molar-refractivity contribution in [1.29, 1.82) is 0 Å². The third-order valence-corrected chi connectivity index (χ3v) is 2.84. The zero-order valence-corrected chi connectivity index (χ0v) is 11.2. The molecule has 0 bridgehead atoms. The van der Waals surface area contributed by atoms with Gasteiger partial charge in [0, 0.05) is 12.6 Å². The van der Waals surface area contributed by atoms with Crippen molar-refractivity contribution in [2.24, 2.45) is 5.41 Å². The summed E-state index contributed by atoms with van der Waals surface area (Å²) in [5, 5.41) is 20.6. The molecule has 0 aliphatic rings. The molecule has 0 aliphatic carbocycles. The number of aliphatic hydroxyl groups excluding tert-OH is 1. The first-order chi connectivity index (χ1) is 8.77. The largest absolute Gasteiger partial charge is 0.477 e. The number of aliphatic hydroxyl groups is 1. The number of carbonyl (C=O) groups is 2. The maximum absolute atomic E-state index is 12.0. The molecule has 0 radical (unpaired) electrons. The first-order valence-electron chi connectivity index (χ1n) is 5.95. The number of aromatic carboxylic acids is 1. The van der Waals surface area contributed by atoms with Gasteiger partial charge in [0.1, 0.15) is 0 Å². The van der Waals surface area contributed by atoms with Crippen molar-refractivity contribution >= 4 is 11.9 Å². The van der Waals surface area contributed by atoms with Crippen molar-refractivity contribution in [3.8, 4) is 0 Å². The molecule has 1 unspecified atom stereocenters. The number of H-pyrrole nitrogens is 1. The molecular formula is C12H19N3O4. The molecule has 1 amide bonds. The number of hydrogen-bond donors (Lipinski definition) is 4. The average Bonchev–Trinajstić information content (AvgIpc) is 2.75. The second-order valence-electron chi connectivity index (χ2n) is 5.34. The van der Waals surface area contributed by atoms with Gasteiger partial charge in [-0.25, -0.2) is 9.78 Å². The summed E-state index contributed by atoms with van der Waals surface area (Å²) in [7, 11) is 0. The first kappa shape index (κ1) is 15.2. The van der Waals surface area contributed by atoms with Gasteiger partial charge in [0.05, 0.1) is 6.33 Å². The summed E-state index contributed by atoms with van der Waals surface area (Å²) in [6.45, 7) is 5.72. The van der Waals surface area contributed by atoms with Gasteiger partial charge in [-0.2, -0.15) is 0 Å². The maximum Gasteiger partial charge on any atom is 0.354 e. The molecular weight excluding hydrogens is 250 g/mol. The van der Waals surface area contributed by atoms with E-state index in [1.54, 1.807) is 0 Å². The lowest BCUT2D eigenvalue weighted by Crippen LogP contribution is -2.44. The fraction of sp³-hybridized carbons (Fsp3) is 0.583. The van der Waals surface area contributed by atoms with Crippen LogP contribution in [-0.2, 0) is 0 Å². The monoisotopic (exact) mass is 269 g/mol. The van der Waals surface area contributed by atoms with E-state index in [-0.39, 0.29) is 29.5 Å². The van der Waals surface area contributed by atoms with Gasteiger partial charge >= 0.3 is 5.97 Å². The number of aromatic amines is 1. The van der Waals surface area contributed by atoms with Crippen LogP contribution in [0.5, 0.6) is 0 Å². The summed E-state index contributed by atoms with van der Waals surface area (Å²) in [6.07, 6.45) is 1.55. The zero-order valence-electron chi connectivity index (χ0n) is 11.2. The average molecular weight is 269 g/mol. The van der Waals surface area contributed by atoms with Gasteiger partial charge in [0.25, 0.3) is 5.91 Å². The van der Waals surface area contributed by atoms with E-state index in [1.165, 1.54) is 0 Å². The molecule has 19 heavy (non-hydrogen) atoms. The SMILES string of the molecule is CC(C)(C)C(CCO)NC(=O)c1nc[nH]c1C(=O)O. The zero-order chi connectivity index (χ0) is 14.6. The summed E-state index contributed by atoms with van der Waals surface area (Å²) in [5.41, 5.74) is -0.646. The summed E-state index contributed by atoms with van der Waals surface area (Å²) in [5.74, 6) is -1.80. The molecule has 0 saturated carbocycles. The van der Waals surface area contributed by atoms with E-state index in [4.69, 9.17) is 10.2 Å². The number of amides is 1. The van der Waals surface area contributed by atoms with Gasteiger partial charge in [-0.15, -0.1) is 0 Å². The van der Waals surface area contributed by atoms with Crippen LogP contribution < -0.4 is 5.32 Å². The predicted octanol–water partition coefficient (Wildman–Crippen LogP) is 0.635. The van der Waals surface area contributed by atoms with Crippen molar-refractivity contribution < 1.29 is 19.8 Å². The number of nitrogens with zero attached hydrogens (tertiary/aromatic N) is 1. The summed E-state index contributed by atoms with van der Waals surface area (Å²) in [4.78, 5) is 29.1. The molecule has 1 aromatic rings. The van der Waals surface area contributed by atoms with Gasteiger partial charge in [0.2, 0.25) is 0 Å². The Balaban J connectivity index is 2.88. The topological polar surface area (TPSA) is 115 Å². The molecule has 1 heterocycles. The van der Waals surface area contributed by atoms with Crippen LogP contribution in [0.4, 0.5) is 0 Å². The lowest BCUT2D eigenvalue weighted by atomic mass is 9.85. The van der Waals surface area contributed by atoms with Crippen molar-refractivity contribution in [2.45, 2.75) is 33.2 Å². The van der Waals surface area contributed by atoms with Crippen molar-refractivity contribution in [3.63, 3.8) is 0 Å². The second kappa shape index (κ2) is 5.83. The Morgan fingerprint density at radius 3 is 2.58 bits per heavy atom. The maximum atomic E-state index is 12.0. The molecule has 0 aromatic carbocycles. The van der Waals surface area contributed by atoms with Gasteiger partial charge in [-0.1, -0.05) is 20.8 Å². The number of aromatic nitrogens is 2. The molecule has 1 atom stereocenters. The quantitative estimate of drug-likeness (QED) is 0.626. The number of nitrogens with one attached hydrogen (secondary N) is 2. The predicted molar refractivity (Wildman–Crippen MR) is 68.0 cm³/mol. The van der Waals surface area contributed by atoms with E-state index in [0.717, 1.165) is 6.33 Å². The Bertz CT molecular complexity index is 462. The van der Waals surface area contributed by atoms with E-state index in [0.29, 0.717) is 6.42 Å². The van der Waals surface area contributed by atoms with Crippen molar-refractivity contribution in [1.82, 2.24) is 15.3 Å². The molecule has 0 spiro atoms. The van der Waals surface area contributed by atoms with Crippen molar-refractivity contribution in [3.05, 3.63) is 17.7 Å². The van der Waals surface area contributed by atoms with Crippen LogP contribution in [0.1, 0.15) is 48.2 Å².